The molecule has 3 aromatic rings. The molecule has 1 amide bonds. The molecule has 0 fully saturated rings. The van der Waals surface area contributed by atoms with E-state index in [0.29, 0.717) is 13.2 Å². The van der Waals surface area contributed by atoms with E-state index in [9.17, 15) is 4.79 Å². The summed E-state index contributed by atoms with van der Waals surface area (Å²) in [5.74, 6) is 1.99. The second-order valence-electron chi connectivity index (χ2n) is 7.94. The molecule has 0 saturated carbocycles. The van der Waals surface area contributed by atoms with E-state index in [0.717, 1.165) is 49.3 Å². The molecule has 1 aromatic heterocycles. The van der Waals surface area contributed by atoms with Gasteiger partial charge in [0, 0.05) is 19.5 Å². The molecule has 0 aliphatic rings. The first-order valence-corrected chi connectivity index (χ1v) is 11.1. The van der Waals surface area contributed by atoms with E-state index in [-0.39, 0.29) is 5.91 Å². The van der Waals surface area contributed by atoms with Gasteiger partial charge in [0.25, 0.3) is 0 Å². The minimum absolute atomic E-state index is 0.0418. The van der Waals surface area contributed by atoms with Gasteiger partial charge >= 0.3 is 0 Å². The lowest BCUT2D eigenvalue weighted by atomic mass is 10.1. The normalized spacial score (nSPS) is 11.3. The molecule has 31 heavy (non-hydrogen) atoms. The van der Waals surface area contributed by atoms with Crippen LogP contribution in [0, 0.1) is 13.8 Å². The maximum Gasteiger partial charge on any atom is 0.243 e. The molecule has 0 aliphatic carbocycles. The first-order chi connectivity index (χ1) is 15.1. The van der Waals surface area contributed by atoms with Gasteiger partial charge in [-0.15, -0.1) is 0 Å². The minimum atomic E-state index is -0.0418. The molecule has 0 unspecified atom stereocenters. The quantitative estimate of drug-likeness (QED) is 0.346. The Bertz CT molecular complexity index is 1020. The number of nitrogens with one attached hydrogen (secondary N) is 1. The van der Waals surface area contributed by atoms with Crippen LogP contribution in [0.5, 0.6) is 5.75 Å². The van der Waals surface area contributed by atoms with Gasteiger partial charge in [-0.25, -0.2) is 4.98 Å². The number of aryl methyl sites for hydroxylation is 4. The molecule has 2 aromatic carbocycles. The number of carbonyl (C=O) groups is 1. The number of benzene rings is 2. The van der Waals surface area contributed by atoms with Crippen molar-refractivity contribution < 1.29 is 9.53 Å². The number of para-hydroxylation sites is 2. The molecule has 0 spiro atoms. The van der Waals surface area contributed by atoms with Crippen LogP contribution in [-0.2, 0) is 17.8 Å². The fraction of sp³-hybridized carbons (Fsp3) is 0.385. The van der Waals surface area contributed by atoms with Crippen LogP contribution < -0.4 is 10.1 Å². The summed E-state index contributed by atoms with van der Waals surface area (Å²) in [5, 5.41) is 2.91. The summed E-state index contributed by atoms with van der Waals surface area (Å²) in [7, 11) is 0. The van der Waals surface area contributed by atoms with Crippen molar-refractivity contribution in [2.45, 2.75) is 53.0 Å². The molecule has 3 rings (SSSR count). The van der Waals surface area contributed by atoms with Gasteiger partial charge in [-0.3, -0.25) is 4.79 Å². The highest BCUT2D eigenvalue weighted by Crippen LogP contribution is 2.19. The third kappa shape index (κ3) is 6.71. The van der Waals surface area contributed by atoms with Crippen LogP contribution in [0.4, 0.5) is 0 Å². The number of ether oxygens (including phenoxy) is 1. The number of hydrogen-bond acceptors (Lipinski definition) is 3. The van der Waals surface area contributed by atoms with Crippen molar-refractivity contribution in [3.05, 3.63) is 71.6 Å². The zero-order valence-corrected chi connectivity index (χ0v) is 18.9. The Balaban J connectivity index is 1.53. The minimum Gasteiger partial charge on any atom is -0.494 e. The zero-order chi connectivity index (χ0) is 22.1. The molecule has 0 atom stereocenters. The van der Waals surface area contributed by atoms with E-state index in [4.69, 9.17) is 9.72 Å². The van der Waals surface area contributed by atoms with Gasteiger partial charge in [0.15, 0.2) is 0 Å². The number of nitrogens with zero attached hydrogens (tertiary/aromatic N) is 2. The van der Waals surface area contributed by atoms with Crippen LogP contribution in [0.3, 0.4) is 0 Å². The van der Waals surface area contributed by atoms with Crippen LogP contribution >= 0.6 is 0 Å². The van der Waals surface area contributed by atoms with E-state index in [1.54, 1.807) is 12.2 Å². The summed E-state index contributed by atoms with van der Waals surface area (Å²) in [6, 6.07) is 14.6. The number of fused-ring (bicyclic) bond motifs is 1. The zero-order valence-electron chi connectivity index (χ0n) is 18.9. The van der Waals surface area contributed by atoms with Crippen molar-refractivity contribution in [1.82, 2.24) is 14.9 Å². The number of rotatable bonds is 11. The fourth-order valence-corrected chi connectivity index (χ4v) is 3.81. The molecule has 5 nitrogen and oxygen atoms in total. The van der Waals surface area contributed by atoms with Gasteiger partial charge in [-0.2, -0.15) is 0 Å². The summed E-state index contributed by atoms with van der Waals surface area (Å²) in [6.07, 6.45) is 7.01. The molecule has 0 bridgehead atoms. The lowest BCUT2D eigenvalue weighted by Crippen LogP contribution is -2.22. The Labute approximate surface area is 185 Å². The fourth-order valence-electron chi connectivity index (χ4n) is 3.81. The smallest absolute Gasteiger partial charge is 0.243 e. The van der Waals surface area contributed by atoms with Crippen molar-refractivity contribution in [1.29, 1.82) is 0 Å². The highest BCUT2D eigenvalue weighted by atomic mass is 16.5. The largest absolute Gasteiger partial charge is 0.494 e. The van der Waals surface area contributed by atoms with Gasteiger partial charge in [-0.05, 0) is 81.5 Å². The van der Waals surface area contributed by atoms with Gasteiger partial charge < -0.3 is 14.6 Å². The van der Waals surface area contributed by atoms with E-state index >= 15 is 0 Å². The molecular weight excluding hydrogens is 386 g/mol. The van der Waals surface area contributed by atoms with E-state index in [2.05, 4.69) is 60.1 Å². The van der Waals surface area contributed by atoms with E-state index in [1.165, 1.54) is 16.6 Å². The average Bonchev–Trinajstić information content (AvgIpc) is 3.08. The van der Waals surface area contributed by atoms with Crippen LogP contribution in [-0.4, -0.2) is 28.6 Å². The molecule has 0 radical (unpaired) electrons. The molecule has 1 heterocycles. The number of carbonyl (C=O) groups excluding carboxylic acids is 1. The molecular formula is C26H33N3O2. The van der Waals surface area contributed by atoms with Crippen LogP contribution in [0.25, 0.3) is 11.0 Å². The lowest BCUT2D eigenvalue weighted by Gasteiger charge is -2.11. The Morgan fingerprint density at radius 1 is 1.10 bits per heavy atom. The van der Waals surface area contributed by atoms with Gasteiger partial charge in [-0.1, -0.05) is 24.3 Å². The van der Waals surface area contributed by atoms with E-state index in [1.807, 2.05) is 13.0 Å². The Hall–Kier alpha value is -3.08. The first kappa shape index (κ1) is 22.6. The Kier molecular flexibility index (Phi) is 8.27. The lowest BCUT2D eigenvalue weighted by molar-refractivity contribution is -0.116. The van der Waals surface area contributed by atoms with Gasteiger partial charge in [0.2, 0.25) is 5.91 Å². The molecule has 1 N–H and O–H groups in total. The van der Waals surface area contributed by atoms with Crippen LogP contribution in [0.2, 0.25) is 0 Å². The summed E-state index contributed by atoms with van der Waals surface area (Å²) < 4.78 is 8.28. The monoisotopic (exact) mass is 419 g/mol. The number of hydrogen-bond donors (Lipinski definition) is 1. The van der Waals surface area contributed by atoms with Crippen molar-refractivity contribution in [2.75, 3.05) is 13.2 Å². The van der Waals surface area contributed by atoms with Gasteiger partial charge in [0.1, 0.15) is 11.6 Å². The van der Waals surface area contributed by atoms with Crippen LogP contribution in [0.15, 0.2) is 54.6 Å². The molecule has 5 heteroatoms. The second kappa shape index (κ2) is 11.3. The molecule has 164 valence electrons. The number of amides is 1. The summed E-state index contributed by atoms with van der Waals surface area (Å²) >= 11 is 0. The highest BCUT2D eigenvalue weighted by Gasteiger charge is 2.10. The molecule has 0 aliphatic heterocycles. The Morgan fingerprint density at radius 2 is 1.87 bits per heavy atom. The summed E-state index contributed by atoms with van der Waals surface area (Å²) in [6.45, 7) is 8.30. The maximum absolute atomic E-state index is 11.6. The van der Waals surface area contributed by atoms with Crippen molar-refractivity contribution in [2.24, 2.45) is 0 Å². The number of aromatic nitrogens is 2. The average molecular weight is 420 g/mol. The SMILES string of the molecule is C/C=C\C(=O)NCCCc1nc2ccccc2n1CCCCOc1cc(C)cc(C)c1. The standard InChI is InChI=1S/C26H33N3O2/c1-4-10-26(30)27-14-9-13-25-28-23-11-5-6-12-24(23)29(25)15-7-8-16-31-22-18-20(2)17-21(3)19-22/h4-6,10-12,17-19H,7-9,13-16H2,1-3H3,(H,27,30)/b10-4-. The van der Waals surface area contributed by atoms with Crippen molar-refractivity contribution in [3.8, 4) is 5.75 Å². The predicted octanol–water partition coefficient (Wildman–Crippen LogP) is 5.14. The predicted molar refractivity (Wildman–Crippen MR) is 127 cm³/mol. The maximum atomic E-state index is 11.6. The summed E-state index contributed by atoms with van der Waals surface area (Å²) in [5.41, 5.74) is 4.66. The van der Waals surface area contributed by atoms with Crippen molar-refractivity contribution >= 4 is 16.9 Å². The van der Waals surface area contributed by atoms with Crippen LogP contribution in [0.1, 0.15) is 43.1 Å². The first-order valence-electron chi connectivity index (χ1n) is 11.1. The van der Waals surface area contributed by atoms with Crippen molar-refractivity contribution in [3.63, 3.8) is 0 Å². The third-order valence-electron chi connectivity index (χ3n) is 5.17. The Morgan fingerprint density at radius 3 is 2.65 bits per heavy atom. The topological polar surface area (TPSA) is 56.2 Å². The molecule has 0 saturated heterocycles. The summed E-state index contributed by atoms with van der Waals surface area (Å²) in [4.78, 5) is 16.4. The third-order valence-corrected chi connectivity index (χ3v) is 5.17. The number of allylic oxidation sites excluding steroid dienone is 1. The number of unbranched alkanes of at least 4 members (excludes halogenated alkanes) is 1. The number of imidazole rings is 1. The van der Waals surface area contributed by atoms with E-state index < -0.39 is 0 Å². The van der Waals surface area contributed by atoms with Gasteiger partial charge in [0.05, 0.1) is 17.6 Å². The highest BCUT2D eigenvalue weighted by molar-refractivity contribution is 5.87. The second-order valence-corrected chi connectivity index (χ2v) is 7.94.